The molecule has 102 valence electrons. The third-order valence-corrected chi connectivity index (χ3v) is 3.45. The lowest BCUT2D eigenvalue weighted by Gasteiger charge is -2.21. The lowest BCUT2D eigenvalue weighted by atomic mass is 10.0. The number of benzene rings is 1. The smallest absolute Gasteiger partial charge is 0.244 e. The van der Waals surface area contributed by atoms with Gasteiger partial charge in [0.25, 0.3) is 0 Å². The molecule has 1 aromatic rings. The quantitative estimate of drug-likeness (QED) is 0.819. The lowest BCUT2D eigenvalue weighted by molar-refractivity contribution is -0.117. The second-order valence-electron chi connectivity index (χ2n) is 5.00. The van der Waals surface area contributed by atoms with Gasteiger partial charge in [-0.1, -0.05) is 31.0 Å². The zero-order valence-corrected chi connectivity index (χ0v) is 10.7. The van der Waals surface area contributed by atoms with Crippen LogP contribution in [0.5, 0.6) is 0 Å². The van der Waals surface area contributed by atoms with Crippen molar-refractivity contribution in [1.29, 1.82) is 0 Å². The largest absolute Gasteiger partial charge is 0.388 e. The highest BCUT2D eigenvalue weighted by atomic mass is 19.1. The van der Waals surface area contributed by atoms with E-state index in [1.54, 1.807) is 18.2 Å². The monoisotopic (exact) mass is 263 g/mol. The molecule has 0 saturated heterocycles. The van der Waals surface area contributed by atoms with Crippen LogP contribution < -0.4 is 5.32 Å². The van der Waals surface area contributed by atoms with Crippen LogP contribution in [0, 0.1) is 5.82 Å². The van der Waals surface area contributed by atoms with Gasteiger partial charge >= 0.3 is 0 Å². The fourth-order valence-corrected chi connectivity index (χ4v) is 2.30. The third-order valence-electron chi connectivity index (χ3n) is 3.45. The van der Waals surface area contributed by atoms with E-state index in [0.717, 1.165) is 25.7 Å². The van der Waals surface area contributed by atoms with E-state index < -0.39 is 5.60 Å². The van der Waals surface area contributed by atoms with Crippen LogP contribution in [0.2, 0.25) is 0 Å². The molecule has 1 aliphatic rings. The summed E-state index contributed by atoms with van der Waals surface area (Å²) in [6.07, 6.45) is 6.17. The van der Waals surface area contributed by atoms with Crippen LogP contribution in [0.3, 0.4) is 0 Å². The standard InChI is InChI=1S/C15H18FNO2/c16-13-6-2-1-5-12(13)7-8-14(18)17-11-15(19)9-3-4-10-15/h1-2,5-8,19H,3-4,9-11H2,(H,17,18). The number of carbonyl (C=O) groups is 1. The maximum Gasteiger partial charge on any atom is 0.244 e. The first-order chi connectivity index (χ1) is 9.09. The average Bonchev–Trinajstić information content (AvgIpc) is 2.83. The van der Waals surface area contributed by atoms with Crippen molar-refractivity contribution in [1.82, 2.24) is 5.32 Å². The summed E-state index contributed by atoms with van der Waals surface area (Å²) in [4.78, 5) is 11.6. The molecule has 0 radical (unpaired) electrons. The summed E-state index contributed by atoms with van der Waals surface area (Å²) < 4.78 is 13.3. The predicted octanol–water partition coefficient (Wildman–Crippen LogP) is 2.26. The maximum atomic E-state index is 13.3. The summed E-state index contributed by atoms with van der Waals surface area (Å²) in [5, 5.41) is 12.7. The minimum atomic E-state index is -0.762. The average molecular weight is 263 g/mol. The van der Waals surface area contributed by atoms with Gasteiger partial charge in [0.15, 0.2) is 0 Å². The summed E-state index contributed by atoms with van der Waals surface area (Å²) in [7, 11) is 0. The minimum Gasteiger partial charge on any atom is -0.388 e. The summed E-state index contributed by atoms with van der Waals surface area (Å²) in [6.45, 7) is 0.257. The van der Waals surface area contributed by atoms with Crippen molar-refractivity contribution in [2.45, 2.75) is 31.3 Å². The number of hydrogen-bond donors (Lipinski definition) is 2. The molecule has 1 fully saturated rings. The molecule has 1 aliphatic carbocycles. The van der Waals surface area contributed by atoms with E-state index in [4.69, 9.17) is 0 Å². The van der Waals surface area contributed by atoms with Crippen LogP contribution in [-0.4, -0.2) is 23.2 Å². The van der Waals surface area contributed by atoms with Crippen LogP contribution in [0.25, 0.3) is 6.08 Å². The topological polar surface area (TPSA) is 49.3 Å². The van der Waals surface area contributed by atoms with E-state index in [2.05, 4.69) is 5.32 Å². The van der Waals surface area contributed by atoms with Crippen molar-refractivity contribution in [3.05, 3.63) is 41.7 Å². The van der Waals surface area contributed by atoms with Crippen molar-refractivity contribution in [3.8, 4) is 0 Å². The molecule has 2 rings (SSSR count). The lowest BCUT2D eigenvalue weighted by Crippen LogP contribution is -2.40. The molecule has 2 N–H and O–H groups in total. The maximum absolute atomic E-state index is 13.3. The Bertz CT molecular complexity index is 479. The summed E-state index contributed by atoms with van der Waals surface area (Å²) in [5.41, 5.74) is -0.390. The van der Waals surface area contributed by atoms with Gasteiger partial charge in [-0.2, -0.15) is 0 Å². The Morgan fingerprint density at radius 3 is 2.74 bits per heavy atom. The van der Waals surface area contributed by atoms with Crippen LogP contribution in [0.4, 0.5) is 4.39 Å². The molecule has 0 aromatic heterocycles. The van der Waals surface area contributed by atoms with E-state index in [9.17, 15) is 14.3 Å². The third kappa shape index (κ3) is 3.89. The first-order valence-corrected chi connectivity index (χ1v) is 6.52. The molecular weight excluding hydrogens is 245 g/mol. The number of aliphatic hydroxyl groups is 1. The Balaban J connectivity index is 1.86. The number of nitrogens with one attached hydrogen (secondary N) is 1. The first-order valence-electron chi connectivity index (χ1n) is 6.52. The van der Waals surface area contributed by atoms with Crippen LogP contribution in [0.15, 0.2) is 30.3 Å². The van der Waals surface area contributed by atoms with E-state index in [1.165, 1.54) is 18.2 Å². The predicted molar refractivity (Wildman–Crippen MR) is 71.9 cm³/mol. The first kappa shape index (κ1) is 13.7. The molecule has 0 unspecified atom stereocenters. The molecule has 4 heteroatoms. The molecule has 3 nitrogen and oxygen atoms in total. The number of hydrogen-bond acceptors (Lipinski definition) is 2. The highest BCUT2D eigenvalue weighted by molar-refractivity contribution is 5.91. The summed E-state index contributed by atoms with van der Waals surface area (Å²) in [6, 6.07) is 6.26. The van der Waals surface area contributed by atoms with Crippen LogP contribution in [0.1, 0.15) is 31.2 Å². The Hall–Kier alpha value is -1.68. The SMILES string of the molecule is O=C(C=Cc1ccccc1F)NCC1(O)CCCC1. The number of amides is 1. The van der Waals surface area contributed by atoms with Gasteiger partial charge in [-0.25, -0.2) is 4.39 Å². The Kier molecular flexibility index (Phi) is 4.32. The normalized spacial score (nSPS) is 17.8. The Morgan fingerprint density at radius 2 is 2.05 bits per heavy atom. The zero-order valence-electron chi connectivity index (χ0n) is 10.7. The fourth-order valence-electron chi connectivity index (χ4n) is 2.30. The Labute approximate surface area is 112 Å². The molecule has 1 aromatic carbocycles. The number of rotatable bonds is 4. The van der Waals surface area contributed by atoms with Gasteiger partial charge in [0, 0.05) is 18.2 Å². The van der Waals surface area contributed by atoms with Gasteiger partial charge in [0.1, 0.15) is 5.82 Å². The molecule has 1 amide bonds. The second kappa shape index (κ2) is 5.97. The molecular formula is C15H18FNO2. The second-order valence-corrected chi connectivity index (χ2v) is 5.00. The van der Waals surface area contributed by atoms with Gasteiger partial charge in [0.2, 0.25) is 5.91 Å². The van der Waals surface area contributed by atoms with Crippen molar-refractivity contribution >= 4 is 12.0 Å². The van der Waals surface area contributed by atoms with Crippen molar-refractivity contribution in [2.24, 2.45) is 0 Å². The molecule has 0 heterocycles. The number of halogens is 1. The van der Waals surface area contributed by atoms with Crippen molar-refractivity contribution in [2.75, 3.05) is 6.54 Å². The van der Waals surface area contributed by atoms with E-state index in [1.807, 2.05) is 0 Å². The zero-order chi connectivity index (χ0) is 13.7. The van der Waals surface area contributed by atoms with Gasteiger partial charge in [-0.15, -0.1) is 0 Å². The van der Waals surface area contributed by atoms with Crippen molar-refractivity contribution < 1.29 is 14.3 Å². The van der Waals surface area contributed by atoms with Gasteiger partial charge in [0.05, 0.1) is 5.60 Å². The van der Waals surface area contributed by atoms with Gasteiger partial charge in [-0.05, 0) is 25.0 Å². The molecule has 0 atom stereocenters. The highest BCUT2D eigenvalue weighted by Gasteiger charge is 2.30. The molecule has 0 aliphatic heterocycles. The van der Waals surface area contributed by atoms with Gasteiger partial charge in [-0.3, -0.25) is 4.79 Å². The molecule has 0 bridgehead atoms. The number of carbonyl (C=O) groups excluding carboxylic acids is 1. The van der Waals surface area contributed by atoms with E-state index >= 15 is 0 Å². The summed E-state index contributed by atoms with van der Waals surface area (Å²) in [5.74, 6) is -0.676. The van der Waals surface area contributed by atoms with E-state index in [0.29, 0.717) is 5.56 Å². The van der Waals surface area contributed by atoms with Crippen LogP contribution in [-0.2, 0) is 4.79 Å². The molecule has 0 spiro atoms. The highest BCUT2D eigenvalue weighted by Crippen LogP contribution is 2.28. The van der Waals surface area contributed by atoms with Crippen molar-refractivity contribution in [3.63, 3.8) is 0 Å². The molecule has 1 saturated carbocycles. The van der Waals surface area contributed by atoms with Gasteiger partial charge < -0.3 is 10.4 Å². The van der Waals surface area contributed by atoms with Crippen LogP contribution >= 0.6 is 0 Å². The Morgan fingerprint density at radius 1 is 1.37 bits per heavy atom. The summed E-state index contributed by atoms with van der Waals surface area (Å²) >= 11 is 0. The fraction of sp³-hybridized carbons (Fsp3) is 0.400. The minimum absolute atomic E-state index is 0.257. The van der Waals surface area contributed by atoms with E-state index in [-0.39, 0.29) is 18.3 Å². The molecule has 19 heavy (non-hydrogen) atoms.